The maximum atomic E-state index is 14.5. The monoisotopic (exact) mass is 334 g/mol. The third kappa shape index (κ3) is 3.86. The summed E-state index contributed by atoms with van der Waals surface area (Å²) in [6, 6.07) is 5.45. The smallest absolute Gasteiger partial charge is 0.140 e. The Balaban J connectivity index is 3.57. The molecule has 2 radical (unpaired) electrons. The van der Waals surface area contributed by atoms with Crippen molar-refractivity contribution < 1.29 is 9.13 Å². The van der Waals surface area contributed by atoms with Crippen molar-refractivity contribution in [2.45, 2.75) is 20.3 Å². The van der Waals surface area contributed by atoms with Crippen LogP contribution in [0.3, 0.4) is 0 Å². The molecule has 0 bridgehead atoms. The second-order valence-corrected chi connectivity index (χ2v) is 5.27. The Bertz CT molecular complexity index is 576. The van der Waals surface area contributed by atoms with Gasteiger partial charge in [-0.1, -0.05) is 36.7 Å². The van der Waals surface area contributed by atoms with Crippen LogP contribution in [0.5, 0.6) is 5.75 Å². The Labute approximate surface area is 129 Å². The molecule has 1 rings (SSSR count). The van der Waals surface area contributed by atoms with E-state index in [2.05, 4.69) is 22.5 Å². The Morgan fingerprint density at radius 2 is 2.15 bits per heavy atom. The van der Waals surface area contributed by atoms with Crippen LogP contribution in [0.15, 0.2) is 52.2 Å². The first-order valence-electron chi connectivity index (χ1n) is 6.26. The molecule has 104 valence electrons. The molecule has 0 amide bonds. The van der Waals surface area contributed by atoms with Crippen LogP contribution in [0.1, 0.15) is 25.8 Å². The Morgan fingerprint density at radius 3 is 2.65 bits per heavy atom. The number of allylic oxidation sites excluding steroid dienone is 5. The van der Waals surface area contributed by atoms with E-state index in [1.54, 1.807) is 26.2 Å². The number of benzene rings is 1. The summed E-state index contributed by atoms with van der Waals surface area (Å²) in [5.74, 6) is 0.131. The van der Waals surface area contributed by atoms with Crippen LogP contribution in [0, 0.1) is 0 Å². The lowest BCUT2D eigenvalue weighted by atomic mass is 9.87. The van der Waals surface area contributed by atoms with Gasteiger partial charge < -0.3 is 4.74 Å². The van der Waals surface area contributed by atoms with Crippen molar-refractivity contribution in [1.29, 1.82) is 0 Å². The topological polar surface area (TPSA) is 9.23 Å². The average Bonchev–Trinajstić information content (AvgIpc) is 2.42. The first-order chi connectivity index (χ1) is 9.42. The van der Waals surface area contributed by atoms with Crippen molar-refractivity contribution in [1.82, 2.24) is 0 Å². The molecule has 0 aliphatic heterocycles. The van der Waals surface area contributed by atoms with Crippen LogP contribution < -0.4 is 4.74 Å². The summed E-state index contributed by atoms with van der Waals surface area (Å²) in [6.45, 7) is 7.42. The third-order valence-electron chi connectivity index (χ3n) is 2.75. The molecule has 20 heavy (non-hydrogen) atoms. The lowest BCUT2D eigenvalue weighted by Gasteiger charge is -2.14. The van der Waals surface area contributed by atoms with Gasteiger partial charge >= 0.3 is 0 Å². The van der Waals surface area contributed by atoms with Gasteiger partial charge in [0, 0.05) is 11.1 Å². The van der Waals surface area contributed by atoms with Gasteiger partial charge in [0.05, 0.1) is 11.6 Å². The van der Waals surface area contributed by atoms with E-state index in [1.165, 1.54) is 0 Å². The van der Waals surface area contributed by atoms with Crippen LogP contribution in [0.4, 0.5) is 4.39 Å². The Morgan fingerprint density at radius 1 is 1.50 bits per heavy atom. The lowest BCUT2D eigenvalue weighted by Crippen LogP contribution is -1.96. The second kappa shape index (κ2) is 7.48. The fourth-order valence-electron chi connectivity index (χ4n) is 1.76. The van der Waals surface area contributed by atoms with Crippen LogP contribution in [-0.4, -0.2) is 15.0 Å². The molecule has 1 aromatic carbocycles. The maximum Gasteiger partial charge on any atom is 0.140 e. The highest BCUT2D eigenvalue weighted by atomic mass is 79.9. The first kappa shape index (κ1) is 16.8. The molecule has 0 aromatic heterocycles. The van der Waals surface area contributed by atoms with E-state index in [0.29, 0.717) is 23.3 Å². The average molecular weight is 335 g/mol. The van der Waals surface area contributed by atoms with E-state index in [1.807, 2.05) is 19.1 Å². The summed E-state index contributed by atoms with van der Waals surface area (Å²) >= 11 is 3.40. The van der Waals surface area contributed by atoms with E-state index in [9.17, 15) is 4.39 Å². The molecule has 0 unspecified atom stereocenters. The summed E-state index contributed by atoms with van der Waals surface area (Å²) in [6.07, 6.45) is 2.11. The van der Waals surface area contributed by atoms with Gasteiger partial charge in [-0.3, -0.25) is 0 Å². The zero-order valence-corrected chi connectivity index (χ0v) is 13.6. The third-order valence-corrected chi connectivity index (χ3v) is 3.38. The van der Waals surface area contributed by atoms with Crippen LogP contribution in [0.25, 0.3) is 5.57 Å². The molecular weight excluding hydrogens is 318 g/mol. The molecule has 0 saturated heterocycles. The lowest BCUT2D eigenvalue weighted by molar-refractivity contribution is 0.410. The largest absolute Gasteiger partial charge is 0.495 e. The number of rotatable bonds is 5. The van der Waals surface area contributed by atoms with Gasteiger partial charge in [-0.05, 0) is 41.4 Å². The van der Waals surface area contributed by atoms with Gasteiger partial charge in [0.15, 0.2) is 0 Å². The number of ether oxygens (including phenoxy) is 1. The van der Waals surface area contributed by atoms with Gasteiger partial charge in [-0.2, -0.15) is 0 Å². The highest BCUT2D eigenvalue weighted by Gasteiger charge is 2.16. The minimum absolute atomic E-state index is 0.208. The fraction of sp³-hybridized carbons (Fsp3) is 0.250. The van der Waals surface area contributed by atoms with E-state index < -0.39 is 5.83 Å². The predicted octanol–water partition coefficient (Wildman–Crippen LogP) is 5.18. The quantitative estimate of drug-likeness (QED) is 0.532. The highest BCUT2D eigenvalue weighted by Crippen LogP contribution is 2.38. The molecule has 4 heteroatoms. The molecule has 0 atom stereocenters. The number of methoxy groups -OCH3 is 1. The van der Waals surface area contributed by atoms with Crippen molar-refractivity contribution in [3.05, 3.63) is 57.8 Å². The van der Waals surface area contributed by atoms with E-state index >= 15 is 0 Å². The Hall–Kier alpha value is -1.29. The summed E-state index contributed by atoms with van der Waals surface area (Å²) in [5, 5.41) is 0. The molecule has 0 heterocycles. The minimum atomic E-state index is -0.438. The minimum Gasteiger partial charge on any atom is -0.495 e. The second-order valence-electron chi connectivity index (χ2n) is 4.42. The fourth-order valence-corrected chi connectivity index (χ4v) is 2.29. The van der Waals surface area contributed by atoms with E-state index in [0.717, 1.165) is 10.0 Å². The van der Waals surface area contributed by atoms with Crippen molar-refractivity contribution in [2.75, 3.05) is 7.11 Å². The Kier molecular flexibility index (Phi) is 6.28. The SMILES string of the molecule is [B]/C(CC)=C(F)/C(=C\C(=C)C)c1cccc(Br)c1OC. The summed E-state index contributed by atoms with van der Waals surface area (Å²) < 4.78 is 20.6. The molecule has 0 spiro atoms. The summed E-state index contributed by atoms with van der Waals surface area (Å²) in [4.78, 5) is 0. The zero-order chi connectivity index (χ0) is 15.3. The van der Waals surface area contributed by atoms with E-state index in [4.69, 9.17) is 12.6 Å². The molecule has 1 nitrogen and oxygen atoms in total. The first-order valence-corrected chi connectivity index (χ1v) is 7.06. The highest BCUT2D eigenvalue weighted by molar-refractivity contribution is 9.10. The van der Waals surface area contributed by atoms with Crippen LogP contribution >= 0.6 is 15.9 Å². The molecule has 1 aromatic rings. The van der Waals surface area contributed by atoms with Crippen molar-refractivity contribution >= 4 is 29.3 Å². The van der Waals surface area contributed by atoms with Crippen LogP contribution in [0.2, 0.25) is 0 Å². The molecule has 0 saturated carbocycles. The number of hydrogen-bond acceptors (Lipinski definition) is 1. The number of halogens is 2. The van der Waals surface area contributed by atoms with E-state index in [-0.39, 0.29) is 5.47 Å². The number of para-hydroxylation sites is 1. The standard InChI is InChI=1S/C16H17BBrFO/c1-5-13(17)15(19)12(9-10(2)3)11-7-6-8-14(18)16(11)20-4/h6-9H,2,5H2,1,3-4H3/b12-9-,15-13-. The van der Waals surface area contributed by atoms with Gasteiger partial charge in [0.2, 0.25) is 0 Å². The molecule has 0 aliphatic rings. The van der Waals surface area contributed by atoms with Crippen molar-refractivity contribution in [3.63, 3.8) is 0 Å². The van der Waals surface area contributed by atoms with Gasteiger partial charge in [0.1, 0.15) is 19.4 Å². The number of hydrogen-bond donors (Lipinski definition) is 0. The normalized spacial score (nSPS) is 12.9. The van der Waals surface area contributed by atoms with Crippen molar-refractivity contribution in [2.24, 2.45) is 0 Å². The molecule has 0 fully saturated rings. The molecule has 0 N–H and O–H groups in total. The van der Waals surface area contributed by atoms with Gasteiger partial charge in [-0.25, -0.2) is 4.39 Å². The summed E-state index contributed by atoms with van der Waals surface area (Å²) in [7, 11) is 7.29. The maximum absolute atomic E-state index is 14.5. The predicted molar refractivity (Wildman–Crippen MR) is 87.7 cm³/mol. The van der Waals surface area contributed by atoms with Crippen molar-refractivity contribution in [3.8, 4) is 5.75 Å². The summed E-state index contributed by atoms with van der Waals surface area (Å²) in [5.41, 5.74) is 1.97. The van der Waals surface area contributed by atoms with Crippen LogP contribution in [-0.2, 0) is 0 Å². The zero-order valence-electron chi connectivity index (χ0n) is 12.0. The molecule has 0 aliphatic carbocycles. The van der Waals surface area contributed by atoms with Gasteiger partial charge in [0.25, 0.3) is 0 Å². The van der Waals surface area contributed by atoms with Gasteiger partial charge in [-0.15, -0.1) is 0 Å². The molecular formula is C16H17BBrFO.